The van der Waals surface area contributed by atoms with E-state index >= 15 is 0 Å². The van der Waals surface area contributed by atoms with Gasteiger partial charge in [-0.15, -0.1) is 0 Å². The third-order valence-corrected chi connectivity index (χ3v) is 3.73. The molecule has 1 aromatic heterocycles. The summed E-state index contributed by atoms with van der Waals surface area (Å²) >= 11 is 0. The van der Waals surface area contributed by atoms with Crippen molar-refractivity contribution in [2.75, 3.05) is 23.3 Å². The van der Waals surface area contributed by atoms with E-state index in [0.717, 1.165) is 38.3 Å². The second-order valence-electron chi connectivity index (χ2n) is 5.15. The minimum atomic E-state index is 0.810. The second-order valence-corrected chi connectivity index (χ2v) is 5.15. The molecule has 2 aromatic rings. The predicted molar refractivity (Wildman–Crippen MR) is 89.8 cm³/mol. The highest BCUT2D eigenvalue weighted by Gasteiger charge is 2.03. The summed E-state index contributed by atoms with van der Waals surface area (Å²) < 4.78 is 2.21. The molecule has 0 unspecified atom stereocenters. The Kier molecular flexibility index (Phi) is 5.67. The molecular formula is C17H26N4. The fraction of sp³-hybridized carbons (Fsp3) is 0.471. The number of rotatable bonds is 8. The largest absolute Gasteiger partial charge is 0.379 e. The maximum Gasteiger partial charge on any atom is 0.0948 e. The molecule has 1 heterocycles. The summed E-state index contributed by atoms with van der Waals surface area (Å²) in [4.78, 5) is 6.58. The Labute approximate surface area is 127 Å². The molecule has 0 aliphatic heterocycles. The van der Waals surface area contributed by atoms with Crippen LogP contribution in [0.15, 0.2) is 36.8 Å². The topological polar surface area (TPSA) is 33.1 Å². The number of anilines is 2. The minimum Gasteiger partial charge on any atom is -0.379 e. The van der Waals surface area contributed by atoms with Crippen LogP contribution in [0.4, 0.5) is 11.4 Å². The Balaban J connectivity index is 1.96. The van der Waals surface area contributed by atoms with Crippen LogP contribution < -0.4 is 10.2 Å². The maximum atomic E-state index is 4.23. The number of aromatic nitrogens is 2. The molecule has 1 N–H and O–H groups in total. The fourth-order valence-electron chi connectivity index (χ4n) is 2.51. The van der Waals surface area contributed by atoms with Gasteiger partial charge in [0.05, 0.1) is 18.6 Å². The third-order valence-electron chi connectivity index (χ3n) is 3.73. The van der Waals surface area contributed by atoms with Crippen LogP contribution in [0.5, 0.6) is 0 Å². The van der Waals surface area contributed by atoms with E-state index in [1.54, 1.807) is 0 Å². The average molecular weight is 286 g/mol. The van der Waals surface area contributed by atoms with Gasteiger partial charge in [-0.1, -0.05) is 6.92 Å². The van der Waals surface area contributed by atoms with Crippen molar-refractivity contribution in [1.29, 1.82) is 0 Å². The van der Waals surface area contributed by atoms with Gasteiger partial charge >= 0.3 is 0 Å². The van der Waals surface area contributed by atoms with Gasteiger partial charge in [-0.3, -0.25) is 0 Å². The van der Waals surface area contributed by atoms with Crippen LogP contribution in [0.25, 0.3) is 0 Å². The third kappa shape index (κ3) is 4.00. The van der Waals surface area contributed by atoms with E-state index in [1.165, 1.54) is 11.4 Å². The number of aryl methyl sites for hydroxylation is 1. The van der Waals surface area contributed by atoms with Crippen molar-refractivity contribution >= 4 is 11.4 Å². The van der Waals surface area contributed by atoms with Crippen molar-refractivity contribution in [3.63, 3.8) is 0 Å². The SMILES string of the molecule is CCCn1cncc1CNc1ccc(N(CC)CC)cc1. The van der Waals surface area contributed by atoms with E-state index in [1.807, 2.05) is 12.5 Å². The maximum absolute atomic E-state index is 4.23. The molecule has 2 rings (SSSR count). The van der Waals surface area contributed by atoms with Crippen LogP contribution in [-0.4, -0.2) is 22.6 Å². The normalized spacial score (nSPS) is 10.6. The number of hydrogen-bond donors (Lipinski definition) is 1. The van der Waals surface area contributed by atoms with Gasteiger partial charge in [0, 0.05) is 37.2 Å². The zero-order valence-electron chi connectivity index (χ0n) is 13.3. The first-order valence-corrected chi connectivity index (χ1v) is 7.86. The molecule has 0 atom stereocenters. The smallest absolute Gasteiger partial charge is 0.0948 e. The van der Waals surface area contributed by atoms with Gasteiger partial charge in [-0.05, 0) is 44.5 Å². The van der Waals surface area contributed by atoms with Gasteiger partial charge in [0.25, 0.3) is 0 Å². The van der Waals surface area contributed by atoms with Gasteiger partial charge in [0.15, 0.2) is 0 Å². The Morgan fingerprint density at radius 1 is 1.10 bits per heavy atom. The van der Waals surface area contributed by atoms with Crippen LogP contribution in [0.1, 0.15) is 32.9 Å². The van der Waals surface area contributed by atoms with Crippen molar-refractivity contribution in [2.24, 2.45) is 0 Å². The molecule has 1 aromatic carbocycles. The molecule has 0 bridgehead atoms. The zero-order chi connectivity index (χ0) is 15.1. The van der Waals surface area contributed by atoms with Crippen molar-refractivity contribution < 1.29 is 0 Å². The summed E-state index contributed by atoms with van der Waals surface area (Å²) in [7, 11) is 0. The molecule has 21 heavy (non-hydrogen) atoms. The van der Waals surface area contributed by atoms with Crippen molar-refractivity contribution in [1.82, 2.24) is 9.55 Å². The lowest BCUT2D eigenvalue weighted by Crippen LogP contribution is -2.21. The first kappa shape index (κ1) is 15.4. The zero-order valence-corrected chi connectivity index (χ0v) is 13.3. The lowest BCUT2D eigenvalue weighted by Gasteiger charge is -2.21. The second kappa shape index (κ2) is 7.72. The van der Waals surface area contributed by atoms with E-state index in [-0.39, 0.29) is 0 Å². The van der Waals surface area contributed by atoms with Gasteiger partial charge in [0.1, 0.15) is 0 Å². The Bertz CT molecular complexity index is 526. The predicted octanol–water partition coefficient (Wildman–Crippen LogP) is 3.75. The van der Waals surface area contributed by atoms with E-state index in [0.29, 0.717) is 0 Å². The summed E-state index contributed by atoms with van der Waals surface area (Å²) in [6.45, 7) is 10.5. The quantitative estimate of drug-likeness (QED) is 0.802. The number of benzene rings is 1. The summed E-state index contributed by atoms with van der Waals surface area (Å²) in [5.41, 5.74) is 3.65. The summed E-state index contributed by atoms with van der Waals surface area (Å²) in [5, 5.41) is 3.47. The molecule has 0 spiro atoms. The molecule has 0 radical (unpaired) electrons. The van der Waals surface area contributed by atoms with Crippen molar-refractivity contribution in [3.05, 3.63) is 42.5 Å². The summed E-state index contributed by atoms with van der Waals surface area (Å²) in [6.07, 6.45) is 4.97. The Morgan fingerprint density at radius 3 is 2.43 bits per heavy atom. The van der Waals surface area contributed by atoms with Crippen LogP contribution in [0, 0.1) is 0 Å². The number of imidazole rings is 1. The Hall–Kier alpha value is -1.97. The number of hydrogen-bond acceptors (Lipinski definition) is 3. The lowest BCUT2D eigenvalue weighted by molar-refractivity contribution is 0.651. The minimum absolute atomic E-state index is 0.810. The van der Waals surface area contributed by atoms with Gasteiger partial charge < -0.3 is 14.8 Å². The highest BCUT2D eigenvalue weighted by molar-refractivity contribution is 5.55. The summed E-state index contributed by atoms with van der Waals surface area (Å²) in [6, 6.07) is 8.65. The van der Waals surface area contributed by atoms with E-state index in [4.69, 9.17) is 0 Å². The molecule has 4 heteroatoms. The first-order chi connectivity index (χ1) is 10.3. The highest BCUT2D eigenvalue weighted by atomic mass is 15.1. The molecule has 0 saturated heterocycles. The summed E-state index contributed by atoms with van der Waals surface area (Å²) in [5.74, 6) is 0. The average Bonchev–Trinajstić information content (AvgIpc) is 2.95. The van der Waals surface area contributed by atoms with Crippen LogP contribution >= 0.6 is 0 Å². The molecule has 114 valence electrons. The first-order valence-electron chi connectivity index (χ1n) is 7.86. The van der Waals surface area contributed by atoms with Crippen molar-refractivity contribution in [2.45, 2.75) is 40.3 Å². The highest BCUT2D eigenvalue weighted by Crippen LogP contribution is 2.18. The molecule has 4 nitrogen and oxygen atoms in total. The van der Waals surface area contributed by atoms with Gasteiger partial charge in [-0.25, -0.2) is 4.98 Å². The van der Waals surface area contributed by atoms with E-state index in [9.17, 15) is 0 Å². The van der Waals surface area contributed by atoms with E-state index in [2.05, 4.69) is 64.8 Å². The molecular weight excluding hydrogens is 260 g/mol. The molecule has 0 aliphatic carbocycles. The van der Waals surface area contributed by atoms with Crippen LogP contribution in [0.2, 0.25) is 0 Å². The lowest BCUT2D eigenvalue weighted by atomic mass is 10.2. The van der Waals surface area contributed by atoms with Crippen LogP contribution in [0.3, 0.4) is 0 Å². The van der Waals surface area contributed by atoms with Crippen molar-refractivity contribution in [3.8, 4) is 0 Å². The molecule has 0 amide bonds. The molecule has 0 fully saturated rings. The van der Waals surface area contributed by atoms with Crippen LogP contribution in [-0.2, 0) is 13.1 Å². The monoisotopic (exact) mass is 286 g/mol. The molecule has 0 saturated carbocycles. The number of nitrogens with one attached hydrogen (secondary N) is 1. The fourth-order valence-corrected chi connectivity index (χ4v) is 2.51. The number of nitrogens with zero attached hydrogens (tertiary/aromatic N) is 3. The Morgan fingerprint density at radius 2 is 1.81 bits per heavy atom. The molecule has 0 aliphatic rings. The standard InChI is InChI=1S/C17H26N4/c1-4-11-21-14-18-12-17(21)13-19-15-7-9-16(10-8-15)20(5-2)6-3/h7-10,12,14,19H,4-6,11,13H2,1-3H3. The van der Waals surface area contributed by atoms with Gasteiger partial charge in [-0.2, -0.15) is 0 Å². The van der Waals surface area contributed by atoms with Gasteiger partial charge in [0.2, 0.25) is 0 Å². The van der Waals surface area contributed by atoms with E-state index < -0.39 is 0 Å².